The van der Waals surface area contributed by atoms with E-state index >= 15 is 0 Å². The minimum atomic E-state index is -0.518. The Morgan fingerprint density at radius 3 is 3.13 bits per heavy atom. The average Bonchev–Trinajstić information content (AvgIpc) is 3.19. The summed E-state index contributed by atoms with van der Waals surface area (Å²) in [6, 6.07) is 5.08. The maximum absolute atomic E-state index is 11.4. The highest BCUT2D eigenvalue weighted by Gasteiger charge is 2.23. The molecule has 3 rings (SSSR count). The molecule has 1 amide bonds. The molecule has 1 aliphatic rings. The number of nitrogens with one attached hydrogen (secondary N) is 1. The van der Waals surface area contributed by atoms with E-state index in [1.807, 2.05) is 11.8 Å². The molecule has 6 nitrogen and oxygen atoms in total. The Balaban J connectivity index is 1.76. The highest BCUT2D eigenvalue weighted by atomic mass is 35.5. The molecule has 2 aromatic rings. The van der Waals surface area contributed by atoms with Gasteiger partial charge in [0.2, 0.25) is 0 Å². The van der Waals surface area contributed by atoms with Crippen LogP contribution in [0.3, 0.4) is 0 Å². The van der Waals surface area contributed by atoms with E-state index < -0.39 is 6.09 Å². The molecule has 1 unspecified atom stereocenters. The van der Waals surface area contributed by atoms with Crippen LogP contribution in [0.2, 0.25) is 5.02 Å². The zero-order chi connectivity index (χ0) is 16.2. The van der Waals surface area contributed by atoms with Crippen LogP contribution in [-0.2, 0) is 4.74 Å². The zero-order valence-electron chi connectivity index (χ0n) is 12.5. The molecule has 23 heavy (non-hydrogen) atoms. The fourth-order valence-electron chi connectivity index (χ4n) is 2.30. The van der Waals surface area contributed by atoms with Gasteiger partial charge in [-0.25, -0.2) is 4.79 Å². The topological polar surface area (TPSA) is 77.2 Å². The van der Waals surface area contributed by atoms with E-state index in [-0.39, 0.29) is 0 Å². The van der Waals surface area contributed by atoms with Crippen molar-refractivity contribution >= 4 is 35.1 Å². The molecule has 1 aromatic carbocycles. The van der Waals surface area contributed by atoms with Gasteiger partial charge in [0.15, 0.2) is 5.82 Å². The summed E-state index contributed by atoms with van der Waals surface area (Å²) < 4.78 is 10.2. The third-order valence-electron chi connectivity index (χ3n) is 3.46. The highest BCUT2D eigenvalue weighted by Crippen LogP contribution is 2.34. The quantitative estimate of drug-likeness (QED) is 0.888. The Labute approximate surface area is 142 Å². The Morgan fingerprint density at radius 1 is 1.57 bits per heavy atom. The Kier molecular flexibility index (Phi) is 5.07. The summed E-state index contributed by atoms with van der Waals surface area (Å²) in [5.74, 6) is 3.62. The second-order valence-corrected chi connectivity index (χ2v) is 6.62. The van der Waals surface area contributed by atoms with Crippen molar-refractivity contribution < 1.29 is 14.1 Å². The molecule has 122 valence electrons. The van der Waals surface area contributed by atoms with Crippen LogP contribution in [0.25, 0.3) is 11.5 Å². The van der Waals surface area contributed by atoms with Gasteiger partial charge in [0.1, 0.15) is 0 Å². The second-order valence-electron chi connectivity index (χ2n) is 5.06. The number of hydrogen-bond donors (Lipinski definition) is 1. The molecule has 1 aromatic heterocycles. The van der Waals surface area contributed by atoms with Crippen molar-refractivity contribution in [1.29, 1.82) is 0 Å². The van der Waals surface area contributed by atoms with Gasteiger partial charge in [-0.2, -0.15) is 16.7 Å². The molecule has 1 fully saturated rings. The average molecular weight is 354 g/mol. The van der Waals surface area contributed by atoms with Gasteiger partial charge in [-0.15, -0.1) is 0 Å². The molecule has 1 saturated heterocycles. The van der Waals surface area contributed by atoms with Gasteiger partial charge in [-0.3, -0.25) is 5.32 Å². The van der Waals surface area contributed by atoms with E-state index in [9.17, 15) is 4.79 Å². The fraction of sp³-hybridized carbons (Fsp3) is 0.400. The van der Waals surface area contributed by atoms with E-state index in [4.69, 9.17) is 20.9 Å². The van der Waals surface area contributed by atoms with Gasteiger partial charge in [-0.1, -0.05) is 16.8 Å². The first-order chi connectivity index (χ1) is 11.2. The first-order valence-corrected chi connectivity index (χ1v) is 8.85. The predicted octanol–water partition coefficient (Wildman–Crippen LogP) is 4.18. The summed E-state index contributed by atoms with van der Waals surface area (Å²) in [4.78, 5) is 15.9. The van der Waals surface area contributed by atoms with Crippen molar-refractivity contribution in [2.45, 2.75) is 19.3 Å². The molecule has 1 N–H and O–H groups in total. The largest absolute Gasteiger partial charge is 0.450 e. The summed E-state index contributed by atoms with van der Waals surface area (Å²) >= 11 is 8.17. The number of carbonyl (C=O) groups excluding carboxylic acids is 1. The number of hydrogen-bond acceptors (Lipinski definition) is 6. The van der Waals surface area contributed by atoms with Gasteiger partial charge in [0.25, 0.3) is 5.89 Å². The SMILES string of the molecule is CCOC(=O)Nc1ccc(-c2nc(C3CCSC3)no2)c(Cl)c1. The molecular formula is C15H16ClN3O3S. The minimum absolute atomic E-state index is 0.307. The number of rotatable bonds is 4. The van der Waals surface area contributed by atoms with E-state index in [1.165, 1.54) is 0 Å². The lowest BCUT2D eigenvalue weighted by molar-refractivity contribution is 0.168. The Morgan fingerprint density at radius 2 is 2.43 bits per heavy atom. The summed E-state index contributed by atoms with van der Waals surface area (Å²) in [7, 11) is 0. The number of aromatic nitrogens is 2. The molecule has 8 heteroatoms. The van der Waals surface area contributed by atoms with Gasteiger partial charge in [0, 0.05) is 17.4 Å². The summed E-state index contributed by atoms with van der Waals surface area (Å²) in [5.41, 5.74) is 1.19. The van der Waals surface area contributed by atoms with E-state index in [2.05, 4.69) is 15.5 Å². The van der Waals surface area contributed by atoms with Crippen LogP contribution in [0, 0.1) is 0 Å². The number of carbonyl (C=O) groups is 1. The lowest BCUT2D eigenvalue weighted by Crippen LogP contribution is -2.13. The van der Waals surface area contributed by atoms with Gasteiger partial charge < -0.3 is 9.26 Å². The molecule has 0 saturated carbocycles. The molecule has 0 radical (unpaired) electrons. The van der Waals surface area contributed by atoms with Crippen LogP contribution in [0.15, 0.2) is 22.7 Å². The fourth-order valence-corrected chi connectivity index (χ4v) is 3.78. The van der Waals surface area contributed by atoms with Crippen LogP contribution in [0.4, 0.5) is 10.5 Å². The lowest BCUT2D eigenvalue weighted by Gasteiger charge is -2.06. The maximum Gasteiger partial charge on any atom is 0.411 e. The monoisotopic (exact) mass is 353 g/mol. The number of halogens is 1. The normalized spacial score (nSPS) is 17.2. The van der Waals surface area contributed by atoms with Crippen LogP contribution in [0.1, 0.15) is 25.1 Å². The van der Waals surface area contributed by atoms with Gasteiger partial charge in [0.05, 0.1) is 17.2 Å². The molecule has 1 atom stereocenters. The van der Waals surface area contributed by atoms with Crippen molar-refractivity contribution in [3.63, 3.8) is 0 Å². The Bertz CT molecular complexity index is 701. The number of ether oxygens (including phenoxy) is 1. The number of amides is 1. The highest BCUT2D eigenvalue weighted by molar-refractivity contribution is 7.99. The predicted molar refractivity (Wildman–Crippen MR) is 90.1 cm³/mol. The molecule has 0 bridgehead atoms. The maximum atomic E-state index is 11.4. The van der Waals surface area contributed by atoms with E-state index in [0.29, 0.717) is 34.7 Å². The van der Waals surface area contributed by atoms with Crippen LogP contribution in [0.5, 0.6) is 0 Å². The van der Waals surface area contributed by atoms with Crippen molar-refractivity contribution in [3.05, 3.63) is 29.0 Å². The van der Waals surface area contributed by atoms with Crippen LogP contribution >= 0.6 is 23.4 Å². The smallest absolute Gasteiger partial charge is 0.411 e. The lowest BCUT2D eigenvalue weighted by atomic mass is 10.1. The number of benzene rings is 1. The summed E-state index contributed by atoms with van der Waals surface area (Å²) in [5, 5.41) is 7.09. The van der Waals surface area contributed by atoms with Crippen molar-refractivity contribution in [2.75, 3.05) is 23.4 Å². The first-order valence-electron chi connectivity index (χ1n) is 7.32. The van der Waals surface area contributed by atoms with Crippen molar-refractivity contribution in [2.24, 2.45) is 0 Å². The van der Waals surface area contributed by atoms with Gasteiger partial charge >= 0.3 is 6.09 Å². The number of nitrogens with zero attached hydrogens (tertiary/aromatic N) is 2. The third-order valence-corrected chi connectivity index (χ3v) is 4.93. The summed E-state index contributed by atoms with van der Waals surface area (Å²) in [6.45, 7) is 2.05. The molecule has 2 heterocycles. The standard InChI is InChI=1S/C15H16ClN3O3S/c1-2-21-15(20)17-10-3-4-11(12(16)7-10)14-18-13(19-22-14)9-5-6-23-8-9/h3-4,7,9H,2,5-6,8H2,1H3,(H,17,20). The van der Waals surface area contributed by atoms with Crippen molar-refractivity contribution in [1.82, 2.24) is 10.1 Å². The molecule has 0 aliphatic carbocycles. The first kappa shape index (κ1) is 16.1. The molecule has 0 spiro atoms. The second kappa shape index (κ2) is 7.23. The van der Waals surface area contributed by atoms with Crippen molar-refractivity contribution in [3.8, 4) is 11.5 Å². The summed E-state index contributed by atoms with van der Waals surface area (Å²) in [6.07, 6.45) is 0.551. The van der Waals surface area contributed by atoms with E-state index in [0.717, 1.165) is 23.8 Å². The van der Waals surface area contributed by atoms with Crippen LogP contribution in [-0.4, -0.2) is 34.3 Å². The Hall–Kier alpha value is -1.73. The van der Waals surface area contributed by atoms with Gasteiger partial charge in [-0.05, 0) is 37.3 Å². The minimum Gasteiger partial charge on any atom is -0.450 e. The van der Waals surface area contributed by atoms with Crippen LogP contribution < -0.4 is 5.32 Å². The number of thioether (sulfide) groups is 1. The number of anilines is 1. The molecule has 1 aliphatic heterocycles. The molecular weight excluding hydrogens is 338 g/mol. The third kappa shape index (κ3) is 3.79. The zero-order valence-corrected chi connectivity index (χ0v) is 14.1. The van der Waals surface area contributed by atoms with E-state index in [1.54, 1.807) is 25.1 Å².